The minimum Gasteiger partial charge on any atom is -0.481 e. The molecule has 2 rings (SSSR count). The Kier molecular flexibility index (Phi) is 5.25. The molecule has 0 atom stereocenters. The average molecular weight is 326 g/mol. The van der Waals surface area contributed by atoms with E-state index in [0.717, 1.165) is 29.7 Å². The van der Waals surface area contributed by atoms with E-state index in [2.05, 4.69) is 24.0 Å². The summed E-state index contributed by atoms with van der Waals surface area (Å²) in [5.74, 6) is 0.238. The van der Waals surface area contributed by atoms with E-state index in [9.17, 15) is 4.79 Å². The number of nitrogens with zero attached hydrogens (tertiary/aromatic N) is 3. The Bertz CT molecular complexity index is 643. The van der Waals surface area contributed by atoms with Crippen molar-refractivity contribution in [1.82, 2.24) is 14.8 Å². The van der Waals surface area contributed by atoms with Gasteiger partial charge in [-0.25, -0.2) is 0 Å². The van der Waals surface area contributed by atoms with Crippen LogP contribution in [0.25, 0.3) is 5.69 Å². The van der Waals surface area contributed by atoms with Crippen molar-refractivity contribution in [1.29, 1.82) is 0 Å². The van der Waals surface area contributed by atoms with Crippen molar-refractivity contribution >= 4 is 29.3 Å². The van der Waals surface area contributed by atoms with Gasteiger partial charge in [0.2, 0.25) is 0 Å². The summed E-state index contributed by atoms with van der Waals surface area (Å²) < 4.78 is 1.84. The lowest BCUT2D eigenvalue weighted by Gasteiger charge is -2.12. The molecule has 21 heavy (non-hydrogen) atoms. The number of carboxylic acid groups (broad SMARTS) is 1. The van der Waals surface area contributed by atoms with Crippen LogP contribution < -0.4 is 0 Å². The second-order valence-corrected chi connectivity index (χ2v) is 6.32. The maximum atomic E-state index is 10.8. The van der Waals surface area contributed by atoms with Crippen molar-refractivity contribution in [2.24, 2.45) is 5.92 Å². The first kappa shape index (κ1) is 15.9. The quantitative estimate of drug-likeness (QED) is 0.825. The second kappa shape index (κ2) is 6.95. The zero-order chi connectivity index (χ0) is 15.4. The van der Waals surface area contributed by atoms with Gasteiger partial charge in [0.05, 0.1) is 16.5 Å². The highest BCUT2D eigenvalue weighted by Crippen LogP contribution is 2.27. The summed E-state index contributed by atoms with van der Waals surface area (Å²) in [5.41, 5.74) is 0.771. The molecule has 0 unspecified atom stereocenters. The Hall–Kier alpha value is -1.53. The van der Waals surface area contributed by atoms with Crippen molar-refractivity contribution in [3.63, 3.8) is 0 Å². The van der Waals surface area contributed by atoms with Crippen molar-refractivity contribution < 1.29 is 9.90 Å². The largest absolute Gasteiger partial charge is 0.481 e. The summed E-state index contributed by atoms with van der Waals surface area (Å²) in [6.45, 7) is 4.19. The van der Waals surface area contributed by atoms with Crippen molar-refractivity contribution in [2.75, 3.05) is 5.75 Å². The van der Waals surface area contributed by atoms with Crippen molar-refractivity contribution in [3.05, 3.63) is 35.1 Å². The molecule has 0 fully saturated rings. The number of thioether (sulfide) groups is 1. The average Bonchev–Trinajstić information content (AvgIpc) is 2.79. The Morgan fingerprint density at radius 3 is 2.71 bits per heavy atom. The monoisotopic (exact) mass is 325 g/mol. The molecule has 2 aromatic rings. The van der Waals surface area contributed by atoms with Crippen LogP contribution in [-0.2, 0) is 11.2 Å². The first-order valence-corrected chi connectivity index (χ1v) is 7.89. The van der Waals surface area contributed by atoms with Gasteiger partial charge in [-0.1, -0.05) is 49.3 Å². The van der Waals surface area contributed by atoms with Gasteiger partial charge in [0.15, 0.2) is 5.16 Å². The number of benzene rings is 1. The van der Waals surface area contributed by atoms with Crippen LogP contribution in [0.5, 0.6) is 0 Å². The Morgan fingerprint density at radius 2 is 2.10 bits per heavy atom. The van der Waals surface area contributed by atoms with Crippen LogP contribution >= 0.6 is 23.4 Å². The molecule has 112 valence electrons. The van der Waals surface area contributed by atoms with Gasteiger partial charge >= 0.3 is 5.97 Å². The molecule has 5 nitrogen and oxygen atoms in total. The lowest BCUT2D eigenvalue weighted by atomic mass is 10.1. The summed E-state index contributed by atoms with van der Waals surface area (Å²) in [7, 11) is 0. The maximum Gasteiger partial charge on any atom is 0.313 e. The zero-order valence-corrected chi connectivity index (χ0v) is 13.4. The minimum absolute atomic E-state index is 0.0652. The van der Waals surface area contributed by atoms with Crippen LogP contribution in [0.15, 0.2) is 29.4 Å². The summed E-state index contributed by atoms with van der Waals surface area (Å²) in [6, 6.07) is 7.40. The number of carboxylic acids is 1. The van der Waals surface area contributed by atoms with E-state index in [1.807, 2.05) is 22.8 Å². The first-order chi connectivity index (χ1) is 9.99. The molecule has 0 saturated carbocycles. The lowest BCUT2D eigenvalue weighted by molar-refractivity contribution is -0.133. The van der Waals surface area contributed by atoms with E-state index in [-0.39, 0.29) is 5.75 Å². The molecule has 1 heterocycles. The molecule has 0 saturated heterocycles. The predicted octanol–water partition coefficient (Wildman–Crippen LogP) is 3.30. The molecule has 1 aromatic heterocycles. The number of hydrogen-bond donors (Lipinski definition) is 1. The highest BCUT2D eigenvalue weighted by molar-refractivity contribution is 7.99. The third-order valence-corrected chi connectivity index (χ3v) is 3.94. The normalized spacial score (nSPS) is 11.0. The first-order valence-electron chi connectivity index (χ1n) is 6.52. The molecule has 0 aliphatic rings. The third kappa shape index (κ3) is 3.98. The number of aromatic nitrogens is 3. The van der Waals surface area contributed by atoms with Gasteiger partial charge < -0.3 is 5.11 Å². The fourth-order valence-corrected chi connectivity index (χ4v) is 2.80. The molecule has 1 N–H and O–H groups in total. The molecular formula is C14H16ClN3O2S. The van der Waals surface area contributed by atoms with Gasteiger partial charge in [-0.05, 0) is 18.1 Å². The van der Waals surface area contributed by atoms with Gasteiger partial charge in [-0.3, -0.25) is 9.36 Å². The van der Waals surface area contributed by atoms with Crippen molar-refractivity contribution in [2.45, 2.75) is 25.4 Å². The van der Waals surface area contributed by atoms with Crippen LogP contribution in [-0.4, -0.2) is 31.6 Å². The molecular weight excluding hydrogens is 310 g/mol. The van der Waals surface area contributed by atoms with E-state index in [1.54, 1.807) is 6.07 Å². The van der Waals surface area contributed by atoms with Gasteiger partial charge in [0.25, 0.3) is 0 Å². The number of halogens is 1. The second-order valence-electron chi connectivity index (χ2n) is 4.97. The Morgan fingerprint density at radius 1 is 1.38 bits per heavy atom. The summed E-state index contributed by atoms with van der Waals surface area (Å²) in [4.78, 5) is 10.8. The Balaban J connectivity index is 2.45. The van der Waals surface area contributed by atoms with Gasteiger partial charge in [0, 0.05) is 6.42 Å². The van der Waals surface area contributed by atoms with Crippen LogP contribution in [0.3, 0.4) is 0 Å². The van der Waals surface area contributed by atoms with Gasteiger partial charge in [-0.2, -0.15) is 0 Å². The third-order valence-electron chi connectivity index (χ3n) is 2.71. The molecule has 0 bridgehead atoms. The zero-order valence-electron chi connectivity index (χ0n) is 11.8. The SMILES string of the molecule is CC(C)Cc1nnc(SCC(=O)O)n1-c1ccccc1Cl. The smallest absolute Gasteiger partial charge is 0.313 e. The van der Waals surface area contributed by atoms with E-state index in [0.29, 0.717) is 16.1 Å². The molecule has 0 aliphatic carbocycles. The summed E-state index contributed by atoms with van der Waals surface area (Å²) in [6.07, 6.45) is 0.742. The fraction of sp³-hybridized carbons (Fsp3) is 0.357. The van der Waals surface area contributed by atoms with E-state index < -0.39 is 5.97 Å². The van der Waals surface area contributed by atoms with Crippen LogP contribution in [0, 0.1) is 5.92 Å². The molecule has 7 heteroatoms. The summed E-state index contributed by atoms with van der Waals surface area (Å²) >= 11 is 7.39. The molecule has 0 spiro atoms. The molecule has 0 amide bonds. The minimum atomic E-state index is -0.890. The van der Waals surface area contributed by atoms with Crippen molar-refractivity contribution in [3.8, 4) is 5.69 Å². The molecule has 1 aromatic carbocycles. The van der Waals surface area contributed by atoms with Crippen LogP contribution in [0.2, 0.25) is 5.02 Å². The number of para-hydroxylation sites is 1. The molecule has 0 radical (unpaired) electrons. The highest BCUT2D eigenvalue weighted by atomic mass is 35.5. The van der Waals surface area contributed by atoms with E-state index >= 15 is 0 Å². The van der Waals surface area contributed by atoms with Crippen LogP contribution in [0.4, 0.5) is 0 Å². The number of carbonyl (C=O) groups is 1. The Labute approximate surface area is 132 Å². The number of aliphatic carboxylic acids is 1. The predicted molar refractivity (Wildman–Crippen MR) is 83.3 cm³/mol. The van der Waals surface area contributed by atoms with Crippen LogP contribution in [0.1, 0.15) is 19.7 Å². The lowest BCUT2D eigenvalue weighted by Crippen LogP contribution is -2.07. The highest BCUT2D eigenvalue weighted by Gasteiger charge is 2.18. The van der Waals surface area contributed by atoms with Gasteiger partial charge in [-0.15, -0.1) is 10.2 Å². The van der Waals surface area contributed by atoms with E-state index in [1.165, 1.54) is 0 Å². The fourth-order valence-electron chi connectivity index (χ4n) is 1.89. The van der Waals surface area contributed by atoms with E-state index in [4.69, 9.17) is 16.7 Å². The van der Waals surface area contributed by atoms with Gasteiger partial charge in [0.1, 0.15) is 5.82 Å². The molecule has 0 aliphatic heterocycles. The number of rotatable bonds is 6. The topological polar surface area (TPSA) is 68.0 Å². The summed E-state index contributed by atoms with van der Waals surface area (Å²) in [5, 5.41) is 18.3. The maximum absolute atomic E-state index is 10.8. The standard InChI is InChI=1S/C14H16ClN3O2S/c1-9(2)7-12-16-17-14(21-8-13(19)20)18(12)11-6-4-3-5-10(11)15/h3-6,9H,7-8H2,1-2H3,(H,19,20). The number of hydrogen-bond acceptors (Lipinski definition) is 4.